The van der Waals surface area contributed by atoms with Crippen LogP contribution in [0.3, 0.4) is 0 Å². The largest absolute Gasteiger partial charge is 0.436 e. The summed E-state index contributed by atoms with van der Waals surface area (Å²) >= 11 is 3.13. The summed E-state index contributed by atoms with van der Waals surface area (Å²) in [4.78, 5) is 14.2. The van der Waals surface area contributed by atoms with Gasteiger partial charge in [-0.3, -0.25) is 10.1 Å². The molecule has 0 aliphatic carbocycles. The number of aromatic nitrogens is 1. The van der Waals surface area contributed by atoms with Crippen LogP contribution in [0.1, 0.15) is 0 Å². The van der Waals surface area contributed by atoms with Crippen LogP contribution in [0.2, 0.25) is 0 Å². The zero-order valence-corrected chi connectivity index (χ0v) is 10.6. The van der Waals surface area contributed by atoms with Crippen molar-refractivity contribution in [2.45, 2.75) is 0 Å². The molecule has 0 bridgehead atoms. The number of ether oxygens (including phenoxy) is 1. The fraction of sp³-hybridized carbons (Fsp3) is 0. The third-order valence-electron chi connectivity index (χ3n) is 2.15. The van der Waals surface area contributed by atoms with Crippen LogP contribution in [0.5, 0.6) is 11.6 Å². The minimum Gasteiger partial charge on any atom is -0.436 e. The first-order chi connectivity index (χ1) is 8.59. The molecule has 7 heteroatoms. The van der Waals surface area contributed by atoms with Gasteiger partial charge in [0, 0.05) is 12.3 Å². The highest BCUT2D eigenvalue weighted by Crippen LogP contribution is 2.36. The number of nitrogen functional groups attached to an aromatic ring is 1. The number of nitrogens with two attached hydrogens (primary N) is 1. The van der Waals surface area contributed by atoms with Crippen LogP contribution in [-0.2, 0) is 0 Å². The number of nitro groups is 1. The summed E-state index contributed by atoms with van der Waals surface area (Å²) < 4.78 is 5.69. The van der Waals surface area contributed by atoms with Gasteiger partial charge in [-0.25, -0.2) is 4.98 Å². The Balaban J connectivity index is 2.39. The molecule has 0 spiro atoms. The number of rotatable bonds is 3. The molecule has 0 aliphatic heterocycles. The molecule has 2 aromatic rings. The Bertz CT molecular complexity index is 604. The van der Waals surface area contributed by atoms with E-state index in [-0.39, 0.29) is 21.8 Å². The first kappa shape index (κ1) is 12.3. The minimum absolute atomic E-state index is 0.0815. The number of hydrogen-bond donors (Lipinski definition) is 1. The summed E-state index contributed by atoms with van der Waals surface area (Å²) in [6.07, 6.45) is 1.52. The lowest BCUT2D eigenvalue weighted by atomic mass is 10.3. The smallest absolute Gasteiger partial charge is 0.287 e. The zero-order valence-electron chi connectivity index (χ0n) is 9.04. The summed E-state index contributed by atoms with van der Waals surface area (Å²) in [5, 5.41) is 10.8. The number of nitrogens with zero attached hydrogens (tertiary/aromatic N) is 2. The fourth-order valence-corrected chi connectivity index (χ4v) is 1.80. The van der Waals surface area contributed by atoms with Gasteiger partial charge in [0.25, 0.3) is 5.69 Å². The zero-order chi connectivity index (χ0) is 13.1. The molecule has 6 nitrogen and oxygen atoms in total. The van der Waals surface area contributed by atoms with E-state index in [0.717, 1.165) is 0 Å². The SMILES string of the molecule is Nc1cccnc1Oc1cccc([N+](=O)[O-])c1Br. The highest BCUT2D eigenvalue weighted by atomic mass is 79.9. The second-order valence-electron chi connectivity index (χ2n) is 3.35. The Labute approximate surface area is 111 Å². The predicted molar refractivity (Wildman–Crippen MR) is 69.5 cm³/mol. The molecule has 0 saturated carbocycles. The first-order valence-corrected chi connectivity index (χ1v) is 5.70. The van der Waals surface area contributed by atoms with E-state index >= 15 is 0 Å². The van der Waals surface area contributed by atoms with Crippen LogP contribution in [0.25, 0.3) is 0 Å². The van der Waals surface area contributed by atoms with Crippen molar-refractivity contribution in [1.82, 2.24) is 4.98 Å². The quantitative estimate of drug-likeness (QED) is 0.694. The van der Waals surface area contributed by atoms with E-state index in [0.29, 0.717) is 5.69 Å². The van der Waals surface area contributed by atoms with Crippen molar-refractivity contribution in [1.29, 1.82) is 0 Å². The van der Waals surface area contributed by atoms with E-state index < -0.39 is 4.92 Å². The normalized spacial score (nSPS) is 10.1. The van der Waals surface area contributed by atoms with Crippen LogP contribution in [0.15, 0.2) is 41.0 Å². The van der Waals surface area contributed by atoms with Gasteiger partial charge in [0.15, 0.2) is 5.75 Å². The topological polar surface area (TPSA) is 91.3 Å². The van der Waals surface area contributed by atoms with Crippen molar-refractivity contribution in [3.05, 3.63) is 51.1 Å². The van der Waals surface area contributed by atoms with Crippen LogP contribution < -0.4 is 10.5 Å². The maximum atomic E-state index is 10.8. The molecule has 0 amide bonds. The second kappa shape index (κ2) is 5.01. The third-order valence-corrected chi connectivity index (χ3v) is 2.94. The van der Waals surface area contributed by atoms with E-state index in [9.17, 15) is 10.1 Å². The Hall–Kier alpha value is -2.15. The molecule has 0 saturated heterocycles. The number of nitro benzene ring substituents is 1. The summed E-state index contributed by atoms with van der Waals surface area (Å²) in [6.45, 7) is 0. The van der Waals surface area contributed by atoms with Gasteiger partial charge >= 0.3 is 0 Å². The van der Waals surface area contributed by atoms with E-state index in [1.807, 2.05) is 0 Å². The lowest BCUT2D eigenvalue weighted by Crippen LogP contribution is -1.96. The van der Waals surface area contributed by atoms with Gasteiger partial charge in [-0.1, -0.05) is 6.07 Å². The maximum absolute atomic E-state index is 10.8. The Kier molecular flexibility index (Phi) is 3.42. The third kappa shape index (κ3) is 2.40. The molecule has 92 valence electrons. The number of pyridine rings is 1. The molecule has 0 aliphatic rings. The molecular weight excluding hydrogens is 302 g/mol. The van der Waals surface area contributed by atoms with E-state index in [1.165, 1.54) is 18.3 Å². The van der Waals surface area contributed by atoms with Crippen molar-refractivity contribution >= 4 is 27.3 Å². The average Bonchev–Trinajstić information content (AvgIpc) is 2.34. The summed E-state index contributed by atoms with van der Waals surface area (Å²) in [5.74, 6) is 0.494. The van der Waals surface area contributed by atoms with Gasteiger partial charge in [-0.2, -0.15) is 0 Å². The van der Waals surface area contributed by atoms with E-state index in [4.69, 9.17) is 10.5 Å². The first-order valence-electron chi connectivity index (χ1n) is 4.91. The van der Waals surface area contributed by atoms with Crippen LogP contribution >= 0.6 is 15.9 Å². The van der Waals surface area contributed by atoms with E-state index in [1.54, 1.807) is 18.2 Å². The lowest BCUT2D eigenvalue weighted by Gasteiger charge is -2.08. The Morgan fingerprint density at radius 2 is 2.11 bits per heavy atom. The molecule has 0 unspecified atom stereocenters. The molecular formula is C11H8BrN3O3. The minimum atomic E-state index is -0.501. The Morgan fingerprint density at radius 1 is 1.33 bits per heavy atom. The highest BCUT2D eigenvalue weighted by Gasteiger charge is 2.17. The molecule has 0 radical (unpaired) electrons. The fourth-order valence-electron chi connectivity index (χ4n) is 1.31. The van der Waals surface area contributed by atoms with Crippen LogP contribution in [-0.4, -0.2) is 9.91 Å². The molecule has 1 aromatic carbocycles. The monoisotopic (exact) mass is 309 g/mol. The molecule has 0 atom stereocenters. The second-order valence-corrected chi connectivity index (χ2v) is 4.14. The highest BCUT2D eigenvalue weighted by molar-refractivity contribution is 9.10. The number of anilines is 1. The van der Waals surface area contributed by atoms with Crippen molar-refractivity contribution in [2.75, 3.05) is 5.73 Å². The molecule has 2 N–H and O–H groups in total. The van der Waals surface area contributed by atoms with Crippen molar-refractivity contribution in [2.24, 2.45) is 0 Å². The van der Waals surface area contributed by atoms with Crippen molar-refractivity contribution < 1.29 is 9.66 Å². The van der Waals surface area contributed by atoms with Gasteiger partial charge < -0.3 is 10.5 Å². The van der Waals surface area contributed by atoms with Gasteiger partial charge in [-0.15, -0.1) is 0 Å². The van der Waals surface area contributed by atoms with Crippen molar-refractivity contribution in [3.63, 3.8) is 0 Å². The molecule has 1 heterocycles. The maximum Gasteiger partial charge on any atom is 0.287 e. The molecule has 1 aromatic heterocycles. The van der Waals surface area contributed by atoms with E-state index in [2.05, 4.69) is 20.9 Å². The standard InChI is InChI=1S/C11H8BrN3O3/c12-10-8(15(16)17)4-1-5-9(10)18-11-7(13)3-2-6-14-11/h1-6H,13H2. The van der Waals surface area contributed by atoms with Gasteiger partial charge in [-0.05, 0) is 34.1 Å². The van der Waals surface area contributed by atoms with Gasteiger partial charge in [0.05, 0.1) is 10.6 Å². The average molecular weight is 310 g/mol. The van der Waals surface area contributed by atoms with Gasteiger partial charge in [0.2, 0.25) is 5.88 Å². The summed E-state index contributed by atoms with van der Waals surface area (Å²) in [5.41, 5.74) is 5.96. The number of halogens is 1. The number of hydrogen-bond acceptors (Lipinski definition) is 5. The lowest BCUT2D eigenvalue weighted by molar-refractivity contribution is -0.385. The predicted octanol–water partition coefficient (Wildman–Crippen LogP) is 3.13. The molecule has 2 rings (SSSR count). The van der Waals surface area contributed by atoms with Crippen LogP contribution in [0.4, 0.5) is 11.4 Å². The molecule has 0 fully saturated rings. The molecule has 18 heavy (non-hydrogen) atoms. The summed E-state index contributed by atoms with van der Waals surface area (Å²) in [7, 11) is 0. The Morgan fingerprint density at radius 3 is 2.78 bits per heavy atom. The van der Waals surface area contributed by atoms with Gasteiger partial charge in [0.1, 0.15) is 4.47 Å². The van der Waals surface area contributed by atoms with Crippen LogP contribution in [0, 0.1) is 10.1 Å². The van der Waals surface area contributed by atoms with Crippen molar-refractivity contribution in [3.8, 4) is 11.6 Å². The summed E-state index contributed by atoms with van der Waals surface area (Å²) in [6, 6.07) is 7.79. The number of benzene rings is 1.